The zero-order valence-corrected chi connectivity index (χ0v) is 16.7. The van der Waals surface area contributed by atoms with Crippen LogP contribution in [0.2, 0.25) is 0 Å². The molecule has 1 aliphatic heterocycles. The smallest absolute Gasteiger partial charge is 0.253 e. The van der Waals surface area contributed by atoms with Gasteiger partial charge in [0, 0.05) is 42.8 Å². The molecule has 1 saturated carbocycles. The number of carbonyl (C=O) groups excluding carboxylic acids is 1. The molecule has 2 aliphatic rings. The largest absolute Gasteiger partial charge is 0.352 e. The summed E-state index contributed by atoms with van der Waals surface area (Å²) in [5.74, 6) is 0.686. The molecular formula is C22H32N4O. The molecule has 0 spiro atoms. The van der Waals surface area contributed by atoms with E-state index in [2.05, 4.69) is 45.9 Å². The summed E-state index contributed by atoms with van der Waals surface area (Å²) in [5.41, 5.74) is 1.95. The van der Waals surface area contributed by atoms with Crippen LogP contribution in [-0.2, 0) is 6.54 Å². The highest BCUT2D eigenvalue weighted by atomic mass is 16.1. The normalized spacial score (nSPS) is 19.1. The minimum absolute atomic E-state index is 0.0689. The van der Waals surface area contributed by atoms with Gasteiger partial charge in [-0.2, -0.15) is 0 Å². The predicted molar refractivity (Wildman–Crippen MR) is 110 cm³/mol. The molecule has 4 rings (SSSR count). The number of aromatic nitrogens is 1. The number of amides is 1. The van der Waals surface area contributed by atoms with E-state index in [0.29, 0.717) is 5.92 Å². The number of benzene rings is 1. The molecule has 0 atom stereocenters. The second kappa shape index (κ2) is 8.03. The lowest BCUT2D eigenvalue weighted by atomic mass is 9.96. The molecule has 1 aromatic carbocycles. The van der Waals surface area contributed by atoms with Crippen LogP contribution in [0.4, 0.5) is 0 Å². The van der Waals surface area contributed by atoms with Gasteiger partial charge in [0.15, 0.2) is 0 Å². The first-order valence-electron chi connectivity index (χ1n) is 10.4. The van der Waals surface area contributed by atoms with Crippen LogP contribution in [0.15, 0.2) is 30.5 Å². The summed E-state index contributed by atoms with van der Waals surface area (Å²) in [6.07, 6.45) is 7.22. The molecule has 27 heavy (non-hydrogen) atoms. The number of likely N-dealkylation sites (tertiary alicyclic amines) is 1. The predicted octanol–water partition coefficient (Wildman–Crippen LogP) is 2.81. The molecule has 146 valence electrons. The Kier molecular flexibility index (Phi) is 5.50. The van der Waals surface area contributed by atoms with Crippen LogP contribution in [-0.4, -0.2) is 66.6 Å². The number of nitrogens with one attached hydrogen (secondary N) is 1. The van der Waals surface area contributed by atoms with Gasteiger partial charge in [0.25, 0.3) is 5.91 Å². The van der Waals surface area contributed by atoms with Gasteiger partial charge in [0.2, 0.25) is 0 Å². The monoisotopic (exact) mass is 368 g/mol. The standard InChI is InChI=1S/C22H32N4O/c1-24(2)13-14-26-16-20(19-5-3-4-6-21(19)26)22(27)23-15-17-9-11-25(12-10-17)18-7-8-18/h3-6,16-18H,7-15H2,1-2H3,(H,23,27). The van der Waals surface area contributed by atoms with Crippen LogP contribution in [0.3, 0.4) is 0 Å². The highest BCUT2D eigenvalue weighted by molar-refractivity contribution is 6.07. The van der Waals surface area contributed by atoms with Gasteiger partial charge in [-0.25, -0.2) is 0 Å². The minimum atomic E-state index is 0.0689. The van der Waals surface area contributed by atoms with E-state index in [1.807, 2.05) is 18.3 Å². The van der Waals surface area contributed by atoms with Gasteiger partial charge in [0.05, 0.1) is 5.56 Å². The van der Waals surface area contributed by atoms with Crippen molar-refractivity contribution >= 4 is 16.8 Å². The molecular weight excluding hydrogens is 336 g/mol. The van der Waals surface area contributed by atoms with E-state index >= 15 is 0 Å². The van der Waals surface area contributed by atoms with Crippen LogP contribution in [0.1, 0.15) is 36.0 Å². The maximum Gasteiger partial charge on any atom is 0.253 e. The van der Waals surface area contributed by atoms with Crippen molar-refractivity contribution in [2.24, 2.45) is 5.92 Å². The molecule has 1 aliphatic carbocycles. The number of rotatable bonds is 7. The third-order valence-electron chi connectivity index (χ3n) is 6.09. The van der Waals surface area contributed by atoms with E-state index in [-0.39, 0.29) is 5.91 Å². The molecule has 1 saturated heterocycles. The van der Waals surface area contributed by atoms with Crippen molar-refractivity contribution in [3.63, 3.8) is 0 Å². The first-order valence-corrected chi connectivity index (χ1v) is 10.4. The summed E-state index contributed by atoms with van der Waals surface area (Å²) < 4.78 is 2.21. The van der Waals surface area contributed by atoms with Gasteiger partial charge >= 0.3 is 0 Å². The Balaban J connectivity index is 1.38. The number of likely N-dealkylation sites (N-methyl/N-ethyl adjacent to an activating group) is 1. The zero-order valence-electron chi connectivity index (χ0n) is 16.7. The van der Waals surface area contributed by atoms with Gasteiger partial charge in [-0.05, 0) is 64.9 Å². The SMILES string of the molecule is CN(C)CCn1cc(C(=O)NCC2CCN(C3CC3)CC2)c2ccccc21. The maximum atomic E-state index is 12.9. The second-order valence-electron chi connectivity index (χ2n) is 8.48. The fraction of sp³-hybridized carbons (Fsp3) is 0.591. The number of carbonyl (C=O) groups is 1. The van der Waals surface area contributed by atoms with Crippen molar-refractivity contribution in [3.8, 4) is 0 Å². The molecule has 5 nitrogen and oxygen atoms in total. The molecule has 5 heteroatoms. The summed E-state index contributed by atoms with van der Waals surface area (Å²) in [4.78, 5) is 17.7. The Hall–Kier alpha value is -1.85. The Morgan fingerprint density at radius 2 is 1.89 bits per heavy atom. The van der Waals surface area contributed by atoms with Gasteiger partial charge in [-0.1, -0.05) is 18.2 Å². The quantitative estimate of drug-likeness (QED) is 0.817. The highest BCUT2D eigenvalue weighted by Crippen LogP contribution is 2.30. The fourth-order valence-corrected chi connectivity index (χ4v) is 4.21. The Morgan fingerprint density at radius 1 is 1.15 bits per heavy atom. The summed E-state index contributed by atoms with van der Waals surface area (Å²) in [6, 6.07) is 9.10. The number of fused-ring (bicyclic) bond motifs is 1. The van der Waals surface area contributed by atoms with Crippen molar-refractivity contribution < 1.29 is 4.79 Å². The average molecular weight is 369 g/mol. The third-order valence-corrected chi connectivity index (χ3v) is 6.09. The van der Waals surface area contributed by atoms with Gasteiger partial charge in [0.1, 0.15) is 0 Å². The topological polar surface area (TPSA) is 40.5 Å². The number of hydrogen-bond acceptors (Lipinski definition) is 3. The highest BCUT2D eigenvalue weighted by Gasteiger charge is 2.31. The third kappa shape index (κ3) is 4.36. The number of piperidine rings is 1. The Labute approximate surface area is 162 Å². The van der Waals surface area contributed by atoms with Crippen LogP contribution in [0, 0.1) is 5.92 Å². The van der Waals surface area contributed by atoms with Crippen LogP contribution < -0.4 is 5.32 Å². The summed E-state index contributed by atoms with van der Waals surface area (Å²) in [5, 5.41) is 4.27. The van der Waals surface area contributed by atoms with Gasteiger partial charge < -0.3 is 19.7 Å². The van der Waals surface area contributed by atoms with Crippen molar-refractivity contribution in [1.82, 2.24) is 19.7 Å². The number of para-hydroxylation sites is 1. The zero-order chi connectivity index (χ0) is 18.8. The van der Waals surface area contributed by atoms with Crippen molar-refractivity contribution in [2.45, 2.75) is 38.3 Å². The van der Waals surface area contributed by atoms with E-state index in [9.17, 15) is 4.79 Å². The number of nitrogens with zero attached hydrogens (tertiary/aromatic N) is 3. The van der Waals surface area contributed by atoms with E-state index in [0.717, 1.165) is 42.1 Å². The van der Waals surface area contributed by atoms with Crippen molar-refractivity contribution in [3.05, 3.63) is 36.0 Å². The molecule has 0 unspecified atom stereocenters. The lowest BCUT2D eigenvalue weighted by Crippen LogP contribution is -2.39. The number of hydrogen-bond donors (Lipinski definition) is 1. The molecule has 2 fully saturated rings. The molecule has 0 radical (unpaired) electrons. The van der Waals surface area contributed by atoms with Crippen molar-refractivity contribution in [1.29, 1.82) is 0 Å². The van der Waals surface area contributed by atoms with Gasteiger partial charge in [-0.15, -0.1) is 0 Å². The summed E-state index contributed by atoms with van der Waals surface area (Å²) in [6.45, 7) is 5.05. The lowest BCUT2D eigenvalue weighted by Gasteiger charge is -2.32. The first-order chi connectivity index (χ1) is 13.1. The lowest BCUT2D eigenvalue weighted by molar-refractivity contribution is 0.0936. The minimum Gasteiger partial charge on any atom is -0.352 e. The van der Waals surface area contributed by atoms with Crippen LogP contribution in [0.5, 0.6) is 0 Å². The van der Waals surface area contributed by atoms with E-state index < -0.39 is 0 Å². The van der Waals surface area contributed by atoms with Crippen LogP contribution >= 0.6 is 0 Å². The van der Waals surface area contributed by atoms with Crippen LogP contribution in [0.25, 0.3) is 10.9 Å². The maximum absolute atomic E-state index is 12.9. The summed E-state index contributed by atoms with van der Waals surface area (Å²) in [7, 11) is 4.15. The molecule has 1 amide bonds. The summed E-state index contributed by atoms with van der Waals surface area (Å²) >= 11 is 0. The molecule has 1 aromatic heterocycles. The van der Waals surface area contributed by atoms with E-state index in [4.69, 9.17) is 0 Å². The first kappa shape index (κ1) is 18.5. The molecule has 1 N–H and O–H groups in total. The molecule has 2 heterocycles. The Morgan fingerprint density at radius 3 is 2.59 bits per heavy atom. The second-order valence-corrected chi connectivity index (χ2v) is 8.48. The molecule has 2 aromatic rings. The van der Waals surface area contributed by atoms with Gasteiger partial charge in [-0.3, -0.25) is 4.79 Å². The average Bonchev–Trinajstić information content (AvgIpc) is 3.46. The van der Waals surface area contributed by atoms with E-state index in [1.165, 1.54) is 38.8 Å². The Bertz CT molecular complexity index is 785. The van der Waals surface area contributed by atoms with Crippen molar-refractivity contribution in [2.75, 3.05) is 40.3 Å². The molecule has 0 bridgehead atoms. The fourth-order valence-electron chi connectivity index (χ4n) is 4.21. The van der Waals surface area contributed by atoms with E-state index in [1.54, 1.807) is 0 Å².